The summed E-state index contributed by atoms with van der Waals surface area (Å²) >= 11 is 3.59. The van der Waals surface area contributed by atoms with E-state index >= 15 is 0 Å². The third kappa shape index (κ3) is 4.13. The van der Waals surface area contributed by atoms with Gasteiger partial charge in [-0.15, -0.1) is 0 Å². The van der Waals surface area contributed by atoms with E-state index in [1.165, 1.54) is 11.9 Å². The minimum absolute atomic E-state index is 0.0310. The standard InChI is InChI=1S/C25H27BrN4O5/c1-27-23(33)28-19-9-8-17-15(22(19)32)10-11-25(17)14-29(24(34)35-25)13-21(31)30-12-4-7-20(30)16-5-2-3-6-18(16)26/h2-3,5-6,8-9,15,20H,4,7,10-14H2,1H3,(H2,27,28,33)/t15?,20?,25-/m0/s1. The fraction of sp³-hybridized carbons (Fsp3) is 0.440. The third-order valence-corrected chi connectivity index (χ3v) is 8.10. The van der Waals surface area contributed by atoms with Gasteiger partial charge in [0.2, 0.25) is 5.91 Å². The average molecular weight is 543 g/mol. The van der Waals surface area contributed by atoms with Gasteiger partial charge in [-0.2, -0.15) is 0 Å². The van der Waals surface area contributed by atoms with E-state index in [2.05, 4.69) is 26.6 Å². The number of hydrogen-bond acceptors (Lipinski definition) is 5. The molecule has 5 rings (SSSR count). The number of carbonyl (C=O) groups is 4. The number of nitrogens with one attached hydrogen (secondary N) is 2. The van der Waals surface area contributed by atoms with Gasteiger partial charge < -0.3 is 20.3 Å². The molecular weight excluding hydrogens is 516 g/mol. The van der Waals surface area contributed by atoms with Crippen LogP contribution in [0.2, 0.25) is 0 Å². The SMILES string of the molecule is CNC(=O)NC1=CC=C2C(CC[C@]23CN(CC(=O)N2CCCC2c2ccccc2Br)C(=O)O3)C1=O. The molecule has 0 aromatic heterocycles. The van der Waals surface area contributed by atoms with Gasteiger partial charge in [0.25, 0.3) is 0 Å². The summed E-state index contributed by atoms with van der Waals surface area (Å²) in [6.07, 6.45) is 5.58. The molecule has 184 valence electrons. The van der Waals surface area contributed by atoms with Crippen molar-refractivity contribution in [3.63, 3.8) is 0 Å². The van der Waals surface area contributed by atoms with E-state index in [1.54, 1.807) is 12.2 Å². The van der Waals surface area contributed by atoms with Crippen molar-refractivity contribution >= 4 is 39.7 Å². The highest BCUT2D eigenvalue weighted by atomic mass is 79.9. The summed E-state index contributed by atoms with van der Waals surface area (Å²) in [5.41, 5.74) is 1.11. The van der Waals surface area contributed by atoms with Gasteiger partial charge in [-0.25, -0.2) is 9.59 Å². The first-order valence-electron chi connectivity index (χ1n) is 11.8. The van der Waals surface area contributed by atoms with E-state index in [0.717, 1.165) is 28.5 Å². The van der Waals surface area contributed by atoms with Crippen LogP contribution >= 0.6 is 15.9 Å². The first-order chi connectivity index (χ1) is 16.8. The second-order valence-electron chi connectivity index (χ2n) is 9.35. The minimum Gasteiger partial charge on any atom is -0.436 e. The maximum Gasteiger partial charge on any atom is 0.411 e. The fourth-order valence-corrected chi connectivity index (χ4v) is 6.24. The van der Waals surface area contributed by atoms with Crippen LogP contribution in [0.1, 0.15) is 37.3 Å². The number of ether oxygens (including phenoxy) is 1. The molecule has 1 aromatic carbocycles. The summed E-state index contributed by atoms with van der Waals surface area (Å²) in [7, 11) is 1.48. The number of rotatable bonds is 4. The summed E-state index contributed by atoms with van der Waals surface area (Å²) in [4.78, 5) is 54.0. The number of likely N-dealkylation sites (tertiary alicyclic amines) is 1. The lowest BCUT2D eigenvalue weighted by Crippen LogP contribution is -2.42. The summed E-state index contributed by atoms with van der Waals surface area (Å²) in [5, 5.41) is 4.98. The maximum absolute atomic E-state index is 13.3. The topological polar surface area (TPSA) is 108 Å². The molecule has 1 spiro atoms. The number of allylic oxidation sites excluding steroid dienone is 3. The number of halogens is 1. The molecule has 2 saturated heterocycles. The zero-order valence-electron chi connectivity index (χ0n) is 19.4. The molecule has 9 nitrogen and oxygen atoms in total. The molecule has 2 N–H and O–H groups in total. The van der Waals surface area contributed by atoms with Gasteiger partial charge in [-0.1, -0.05) is 40.2 Å². The van der Waals surface area contributed by atoms with Crippen LogP contribution in [0, 0.1) is 5.92 Å². The van der Waals surface area contributed by atoms with E-state index in [4.69, 9.17) is 4.74 Å². The summed E-state index contributed by atoms with van der Waals surface area (Å²) in [5.74, 6) is -0.756. The minimum atomic E-state index is -0.917. The van der Waals surface area contributed by atoms with Crippen molar-refractivity contribution in [2.75, 3.05) is 26.7 Å². The zero-order chi connectivity index (χ0) is 24.7. The number of hydrogen-bond donors (Lipinski definition) is 2. The average Bonchev–Trinajstić information content (AvgIpc) is 3.54. The lowest BCUT2D eigenvalue weighted by atomic mass is 9.85. The highest BCUT2D eigenvalue weighted by molar-refractivity contribution is 9.10. The monoisotopic (exact) mass is 542 g/mol. The van der Waals surface area contributed by atoms with Crippen molar-refractivity contribution in [2.45, 2.75) is 37.3 Å². The number of ketones is 1. The Bertz CT molecular complexity index is 1160. The van der Waals surface area contributed by atoms with Crippen LogP contribution in [0.4, 0.5) is 9.59 Å². The van der Waals surface area contributed by atoms with Crippen molar-refractivity contribution in [2.24, 2.45) is 5.92 Å². The third-order valence-electron chi connectivity index (χ3n) is 7.38. The predicted octanol–water partition coefficient (Wildman–Crippen LogP) is 3.04. The van der Waals surface area contributed by atoms with E-state index in [1.807, 2.05) is 29.2 Å². The molecule has 0 radical (unpaired) electrons. The summed E-state index contributed by atoms with van der Waals surface area (Å²) in [6, 6.07) is 7.40. The Labute approximate surface area is 211 Å². The number of Topliss-reactive ketones (excluding diaryl/α,β-unsaturated/α-hetero) is 1. The molecule has 3 atom stereocenters. The Hall–Kier alpha value is -3.14. The van der Waals surface area contributed by atoms with Gasteiger partial charge in [-0.3, -0.25) is 14.5 Å². The Morgan fingerprint density at radius 1 is 1.20 bits per heavy atom. The largest absolute Gasteiger partial charge is 0.436 e. The van der Waals surface area contributed by atoms with Crippen LogP contribution in [0.5, 0.6) is 0 Å². The van der Waals surface area contributed by atoms with Gasteiger partial charge in [0.05, 0.1) is 18.3 Å². The van der Waals surface area contributed by atoms with E-state index < -0.39 is 23.6 Å². The molecule has 10 heteroatoms. The smallest absolute Gasteiger partial charge is 0.411 e. The molecular formula is C25H27BrN4O5. The van der Waals surface area contributed by atoms with Gasteiger partial charge >= 0.3 is 12.1 Å². The van der Waals surface area contributed by atoms with Crippen LogP contribution < -0.4 is 10.6 Å². The number of benzene rings is 1. The molecule has 2 heterocycles. The second-order valence-corrected chi connectivity index (χ2v) is 10.2. The molecule has 35 heavy (non-hydrogen) atoms. The molecule has 2 unspecified atom stereocenters. The van der Waals surface area contributed by atoms with Crippen molar-refractivity contribution < 1.29 is 23.9 Å². The van der Waals surface area contributed by atoms with E-state index in [0.29, 0.717) is 19.4 Å². The van der Waals surface area contributed by atoms with Crippen LogP contribution in [0.15, 0.2) is 52.2 Å². The Balaban J connectivity index is 1.30. The summed E-state index contributed by atoms with van der Waals surface area (Å²) < 4.78 is 6.80. The predicted molar refractivity (Wildman–Crippen MR) is 130 cm³/mol. The zero-order valence-corrected chi connectivity index (χ0v) is 21.0. The Morgan fingerprint density at radius 2 is 2.00 bits per heavy atom. The van der Waals surface area contributed by atoms with Crippen molar-refractivity contribution in [1.29, 1.82) is 0 Å². The van der Waals surface area contributed by atoms with E-state index in [-0.39, 0.29) is 36.5 Å². The second kappa shape index (κ2) is 9.14. The van der Waals surface area contributed by atoms with Crippen LogP contribution in [-0.2, 0) is 14.3 Å². The highest BCUT2D eigenvalue weighted by Gasteiger charge is 2.56. The van der Waals surface area contributed by atoms with Crippen LogP contribution in [0.25, 0.3) is 0 Å². The number of carbonyl (C=O) groups excluding carboxylic acids is 4. The Kier molecular flexibility index (Phi) is 6.16. The molecule has 2 aliphatic carbocycles. The fourth-order valence-electron chi connectivity index (χ4n) is 5.69. The first-order valence-corrected chi connectivity index (χ1v) is 12.6. The van der Waals surface area contributed by atoms with E-state index in [9.17, 15) is 19.2 Å². The molecule has 1 saturated carbocycles. The van der Waals surface area contributed by atoms with Gasteiger partial charge in [0.1, 0.15) is 6.54 Å². The van der Waals surface area contributed by atoms with Gasteiger partial charge in [0.15, 0.2) is 11.4 Å². The van der Waals surface area contributed by atoms with Gasteiger partial charge in [0, 0.05) is 24.0 Å². The lowest BCUT2D eigenvalue weighted by Gasteiger charge is -2.28. The quantitative estimate of drug-likeness (QED) is 0.607. The van der Waals surface area contributed by atoms with Crippen molar-refractivity contribution in [3.05, 3.63) is 57.7 Å². The number of amides is 4. The first kappa shape index (κ1) is 23.6. The Morgan fingerprint density at radius 3 is 2.77 bits per heavy atom. The molecule has 0 bridgehead atoms. The van der Waals surface area contributed by atoms with Crippen molar-refractivity contribution in [3.8, 4) is 0 Å². The van der Waals surface area contributed by atoms with Crippen LogP contribution in [-0.4, -0.2) is 65.9 Å². The van der Waals surface area contributed by atoms with Crippen molar-refractivity contribution in [1.82, 2.24) is 20.4 Å². The highest BCUT2D eigenvalue weighted by Crippen LogP contribution is 2.48. The lowest BCUT2D eigenvalue weighted by molar-refractivity contribution is -0.132. The molecule has 2 aliphatic heterocycles. The number of nitrogens with zero attached hydrogens (tertiary/aromatic N) is 2. The maximum atomic E-state index is 13.3. The molecule has 4 aliphatic rings. The van der Waals surface area contributed by atoms with Gasteiger partial charge in [-0.05, 0) is 49.0 Å². The summed E-state index contributed by atoms with van der Waals surface area (Å²) in [6.45, 7) is 0.812. The number of urea groups is 1. The van der Waals surface area contributed by atoms with Crippen LogP contribution in [0.3, 0.4) is 0 Å². The molecule has 1 aromatic rings. The molecule has 4 amide bonds. The normalized spacial score (nSPS) is 27.5. The molecule has 3 fully saturated rings. The number of fused-ring (bicyclic) bond motifs is 2.